The average Bonchev–Trinajstić information content (AvgIpc) is 2.83. The highest BCUT2D eigenvalue weighted by Gasteiger charge is 2.40. The highest BCUT2D eigenvalue weighted by molar-refractivity contribution is 6.30. The molecule has 0 atom stereocenters. The topological polar surface area (TPSA) is 46.9 Å². The molecule has 0 bridgehead atoms. The number of amides is 1. The Morgan fingerprint density at radius 1 is 1.43 bits per heavy atom. The van der Waals surface area contributed by atoms with E-state index in [2.05, 4.69) is 10.4 Å². The maximum Gasteiger partial charge on any atom is 0.434 e. The van der Waals surface area contributed by atoms with Crippen molar-refractivity contribution < 1.29 is 18.0 Å². The van der Waals surface area contributed by atoms with E-state index in [0.29, 0.717) is 4.68 Å². The summed E-state index contributed by atoms with van der Waals surface area (Å²) in [6.07, 6.45) is -3.83. The lowest BCUT2D eigenvalue weighted by Gasteiger charge is -2.12. The molecule has 112 valence electrons. The fourth-order valence-electron chi connectivity index (χ4n) is 1.85. The predicted octanol–water partition coefficient (Wildman–Crippen LogP) is 3.29. The van der Waals surface area contributed by atoms with Crippen molar-refractivity contribution in [1.82, 2.24) is 15.1 Å². The van der Waals surface area contributed by atoms with Gasteiger partial charge in [0.1, 0.15) is 0 Å². The van der Waals surface area contributed by atoms with E-state index in [-0.39, 0.29) is 17.3 Å². The monoisotopic (exact) mass is 317 g/mol. The fraction of sp³-hybridized carbons (Fsp3) is 0.231. The maximum atomic E-state index is 13.3. The second kappa shape index (κ2) is 5.77. The van der Waals surface area contributed by atoms with Gasteiger partial charge in [0.15, 0.2) is 5.69 Å². The van der Waals surface area contributed by atoms with Gasteiger partial charge in [0, 0.05) is 11.6 Å². The number of benzene rings is 1. The van der Waals surface area contributed by atoms with E-state index < -0.39 is 23.3 Å². The highest BCUT2D eigenvalue weighted by Crippen LogP contribution is 2.33. The number of nitrogens with zero attached hydrogens (tertiary/aromatic N) is 2. The average molecular weight is 318 g/mol. The summed E-state index contributed by atoms with van der Waals surface area (Å²) in [5.41, 5.74) is -1.52. The van der Waals surface area contributed by atoms with Gasteiger partial charge in [-0.25, -0.2) is 4.68 Å². The van der Waals surface area contributed by atoms with Gasteiger partial charge in [0.05, 0.1) is 17.4 Å². The van der Waals surface area contributed by atoms with E-state index in [1.165, 1.54) is 24.3 Å². The normalized spacial score (nSPS) is 11.5. The van der Waals surface area contributed by atoms with Crippen molar-refractivity contribution in [3.8, 4) is 5.69 Å². The third kappa shape index (κ3) is 3.18. The molecule has 0 aliphatic rings. The Morgan fingerprint density at radius 3 is 2.71 bits per heavy atom. The van der Waals surface area contributed by atoms with Crippen LogP contribution in [0.2, 0.25) is 5.02 Å². The molecule has 21 heavy (non-hydrogen) atoms. The van der Waals surface area contributed by atoms with Crippen LogP contribution in [0, 0.1) is 0 Å². The predicted molar refractivity (Wildman–Crippen MR) is 71.6 cm³/mol. The molecule has 1 N–H and O–H groups in total. The van der Waals surface area contributed by atoms with Gasteiger partial charge in [-0.2, -0.15) is 18.3 Å². The lowest BCUT2D eigenvalue weighted by molar-refractivity contribution is -0.143. The Kier molecular flexibility index (Phi) is 4.22. The van der Waals surface area contributed by atoms with Crippen molar-refractivity contribution in [1.29, 1.82) is 0 Å². The summed E-state index contributed by atoms with van der Waals surface area (Å²) in [4.78, 5) is 11.7. The number of hydrogen-bond donors (Lipinski definition) is 1. The lowest BCUT2D eigenvalue weighted by Crippen LogP contribution is -2.26. The van der Waals surface area contributed by atoms with Crippen LogP contribution in [-0.4, -0.2) is 22.2 Å². The quantitative estimate of drug-likeness (QED) is 0.944. The molecule has 0 unspecified atom stereocenters. The molecule has 8 heteroatoms. The van der Waals surface area contributed by atoms with Crippen molar-refractivity contribution in [2.45, 2.75) is 13.1 Å². The molecule has 0 radical (unpaired) electrons. The first-order valence-corrected chi connectivity index (χ1v) is 6.41. The van der Waals surface area contributed by atoms with Crippen LogP contribution < -0.4 is 5.32 Å². The summed E-state index contributed by atoms with van der Waals surface area (Å²) in [5, 5.41) is 6.28. The maximum absolute atomic E-state index is 13.3. The highest BCUT2D eigenvalue weighted by atomic mass is 35.5. The van der Waals surface area contributed by atoms with Gasteiger partial charge in [-0.1, -0.05) is 17.7 Å². The molecule has 1 aromatic heterocycles. The van der Waals surface area contributed by atoms with Crippen molar-refractivity contribution >= 4 is 17.5 Å². The first kappa shape index (κ1) is 15.4. The lowest BCUT2D eigenvalue weighted by atomic mass is 10.2. The third-order valence-electron chi connectivity index (χ3n) is 2.67. The summed E-state index contributed by atoms with van der Waals surface area (Å²) < 4.78 is 40.4. The number of aromatic nitrogens is 2. The molecule has 0 aliphatic carbocycles. The van der Waals surface area contributed by atoms with Crippen LogP contribution >= 0.6 is 11.6 Å². The number of nitrogens with one attached hydrogen (secondary N) is 1. The largest absolute Gasteiger partial charge is 0.434 e. The third-order valence-corrected chi connectivity index (χ3v) is 2.91. The molecule has 1 amide bonds. The van der Waals surface area contributed by atoms with Crippen LogP contribution in [0.1, 0.15) is 23.0 Å². The zero-order valence-electron chi connectivity index (χ0n) is 10.9. The Labute approximate surface area is 123 Å². The summed E-state index contributed by atoms with van der Waals surface area (Å²) in [5.74, 6) is -0.821. The van der Waals surface area contributed by atoms with Crippen LogP contribution in [0.5, 0.6) is 0 Å². The van der Waals surface area contributed by atoms with Gasteiger partial charge in [-0.3, -0.25) is 4.79 Å². The second-order valence-electron chi connectivity index (χ2n) is 4.16. The Balaban J connectivity index is 2.60. The molecule has 0 saturated carbocycles. The Bertz CT molecular complexity index is 667. The zero-order valence-corrected chi connectivity index (χ0v) is 11.7. The van der Waals surface area contributed by atoms with Crippen molar-refractivity contribution in [2.75, 3.05) is 6.54 Å². The number of halogens is 4. The van der Waals surface area contributed by atoms with Gasteiger partial charge < -0.3 is 5.32 Å². The molecular weight excluding hydrogens is 307 g/mol. The minimum atomic E-state index is -4.72. The number of carbonyl (C=O) groups excluding carboxylic acids is 1. The van der Waals surface area contributed by atoms with Crippen LogP contribution in [0.25, 0.3) is 5.69 Å². The Morgan fingerprint density at radius 2 is 2.14 bits per heavy atom. The standard InChI is InChI=1S/C13H11ClF3N3O/c1-2-18-12(21)10-7-19-20(11(10)13(15,16)17)9-5-3-4-8(14)6-9/h3-7H,2H2,1H3,(H,18,21). The van der Waals surface area contributed by atoms with Crippen molar-refractivity contribution in [3.05, 3.63) is 46.7 Å². The fourth-order valence-corrected chi connectivity index (χ4v) is 2.03. The minimum Gasteiger partial charge on any atom is -0.352 e. The van der Waals surface area contributed by atoms with Crippen molar-refractivity contribution in [3.63, 3.8) is 0 Å². The SMILES string of the molecule is CCNC(=O)c1cnn(-c2cccc(Cl)c2)c1C(F)(F)F. The number of carbonyl (C=O) groups is 1. The van der Waals surface area contributed by atoms with Crippen LogP contribution in [-0.2, 0) is 6.18 Å². The minimum absolute atomic E-state index is 0.130. The molecule has 2 aromatic rings. The summed E-state index contributed by atoms with van der Waals surface area (Å²) >= 11 is 5.78. The second-order valence-corrected chi connectivity index (χ2v) is 4.59. The van der Waals surface area contributed by atoms with Gasteiger partial charge in [-0.05, 0) is 25.1 Å². The smallest absolute Gasteiger partial charge is 0.352 e. The van der Waals surface area contributed by atoms with E-state index in [0.717, 1.165) is 6.20 Å². The molecule has 2 rings (SSSR count). The van der Waals surface area contributed by atoms with E-state index in [1.54, 1.807) is 6.92 Å². The molecule has 0 fully saturated rings. The molecule has 0 aliphatic heterocycles. The van der Waals surface area contributed by atoms with Gasteiger partial charge >= 0.3 is 6.18 Å². The number of rotatable bonds is 3. The van der Waals surface area contributed by atoms with E-state index in [9.17, 15) is 18.0 Å². The molecule has 4 nitrogen and oxygen atoms in total. The first-order valence-electron chi connectivity index (χ1n) is 6.04. The first-order chi connectivity index (χ1) is 9.84. The molecule has 0 saturated heterocycles. The van der Waals surface area contributed by atoms with E-state index in [1.807, 2.05) is 0 Å². The Hall–Kier alpha value is -2.02. The summed E-state index contributed by atoms with van der Waals surface area (Å²) in [6.45, 7) is 1.84. The molecule has 1 aromatic carbocycles. The van der Waals surface area contributed by atoms with Crippen molar-refractivity contribution in [2.24, 2.45) is 0 Å². The van der Waals surface area contributed by atoms with Crippen LogP contribution in [0.15, 0.2) is 30.5 Å². The number of hydrogen-bond acceptors (Lipinski definition) is 2. The number of alkyl halides is 3. The van der Waals surface area contributed by atoms with Gasteiger partial charge in [0.2, 0.25) is 0 Å². The van der Waals surface area contributed by atoms with Gasteiger partial charge in [0.25, 0.3) is 5.91 Å². The molecule has 1 heterocycles. The van der Waals surface area contributed by atoms with E-state index in [4.69, 9.17) is 11.6 Å². The summed E-state index contributed by atoms with van der Waals surface area (Å²) in [7, 11) is 0. The molecular formula is C13H11ClF3N3O. The summed E-state index contributed by atoms with van der Waals surface area (Å²) in [6, 6.07) is 5.80. The molecule has 0 spiro atoms. The van der Waals surface area contributed by atoms with E-state index >= 15 is 0 Å². The van der Waals surface area contributed by atoms with Crippen LogP contribution in [0.3, 0.4) is 0 Å². The van der Waals surface area contributed by atoms with Crippen LogP contribution in [0.4, 0.5) is 13.2 Å². The van der Waals surface area contributed by atoms with Gasteiger partial charge in [-0.15, -0.1) is 0 Å². The zero-order chi connectivity index (χ0) is 15.6.